The maximum absolute atomic E-state index is 6.31. The van der Waals surface area contributed by atoms with Crippen LogP contribution in [0, 0.1) is 0 Å². The van der Waals surface area contributed by atoms with Gasteiger partial charge >= 0.3 is 0 Å². The van der Waals surface area contributed by atoms with Gasteiger partial charge in [0.25, 0.3) is 0 Å². The topological polar surface area (TPSA) is 24.5 Å². The van der Waals surface area contributed by atoms with Gasteiger partial charge in [0.1, 0.15) is 0 Å². The highest BCUT2D eigenvalue weighted by Gasteiger charge is 2.13. The van der Waals surface area contributed by atoms with Gasteiger partial charge in [-0.05, 0) is 25.5 Å². The molecule has 0 radical (unpaired) electrons. The van der Waals surface area contributed by atoms with Gasteiger partial charge in [-0.2, -0.15) is 0 Å². The number of hydrogen-bond acceptors (Lipinski definition) is 3. The Morgan fingerprint density at radius 2 is 2.11 bits per heavy atom. The number of para-hydroxylation sites is 1. The van der Waals surface area contributed by atoms with Crippen molar-refractivity contribution in [2.24, 2.45) is 0 Å². The molecule has 0 unspecified atom stereocenters. The van der Waals surface area contributed by atoms with E-state index in [0.29, 0.717) is 6.04 Å². The Morgan fingerprint density at radius 1 is 1.39 bits per heavy atom. The molecule has 0 aliphatic rings. The van der Waals surface area contributed by atoms with E-state index >= 15 is 0 Å². The van der Waals surface area contributed by atoms with E-state index in [2.05, 4.69) is 37.2 Å². The average molecular weight is 271 g/mol. The first-order valence-corrected chi connectivity index (χ1v) is 6.65. The molecule has 0 amide bonds. The van der Waals surface area contributed by atoms with Gasteiger partial charge in [-0.25, -0.2) is 0 Å². The predicted molar refractivity (Wildman–Crippen MR) is 78.6 cm³/mol. The zero-order valence-corrected chi connectivity index (χ0v) is 12.4. The summed E-state index contributed by atoms with van der Waals surface area (Å²) < 4.78 is 5.02. The van der Waals surface area contributed by atoms with Crippen LogP contribution in [0.25, 0.3) is 0 Å². The Labute approximate surface area is 115 Å². The van der Waals surface area contributed by atoms with Crippen LogP contribution in [0.4, 0.5) is 5.69 Å². The van der Waals surface area contributed by atoms with Crippen molar-refractivity contribution in [2.75, 3.05) is 32.2 Å². The molecule has 3 nitrogen and oxygen atoms in total. The quantitative estimate of drug-likeness (QED) is 0.771. The normalized spacial score (nSPS) is 11.0. The van der Waals surface area contributed by atoms with Gasteiger partial charge in [0.15, 0.2) is 0 Å². The Hall–Kier alpha value is -0.770. The summed E-state index contributed by atoms with van der Waals surface area (Å²) in [5.74, 6) is 0. The van der Waals surface area contributed by atoms with Gasteiger partial charge in [-0.3, -0.25) is 0 Å². The number of methoxy groups -OCH3 is 1. The van der Waals surface area contributed by atoms with E-state index in [-0.39, 0.29) is 0 Å². The lowest BCUT2D eigenvalue weighted by Gasteiger charge is -2.27. The van der Waals surface area contributed by atoms with E-state index in [9.17, 15) is 0 Å². The van der Waals surface area contributed by atoms with Crippen LogP contribution >= 0.6 is 11.6 Å². The number of rotatable bonds is 7. The van der Waals surface area contributed by atoms with Crippen molar-refractivity contribution in [3.05, 3.63) is 28.8 Å². The molecule has 18 heavy (non-hydrogen) atoms. The molecule has 0 aromatic heterocycles. The van der Waals surface area contributed by atoms with Gasteiger partial charge < -0.3 is 15.0 Å². The predicted octanol–water partition coefficient (Wildman–Crippen LogP) is 2.92. The smallest absolute Gasteiger partial charge is 0.0642 e. The lowest BCUT2D eigenvalue weighted by atomic mass is 10.1. The summed E-state index contributed by atoms with van der Waals surface area (Å²) in [6.07, 6.45) is 0. The Kier molecular flexibility index (Phi) is 6.47. The Bertz CT molecular complexity index is 369. The van der Waals surface area contributed by atoms with Crippen LogP contribution in [-0.4, -0.2) is 33.4 Å². The van der Waals surface area contributed by atoms with Crippen molar-refractivity contribution in [1.29, 1.82) is 0 Å². The summed E-state index contributed by atoms with van der Waals surface area (Å²) in [6.45, 7) is 6.68. The molecule has 0 heterocycles. The van der Waals surface area contributed by atoms with Crippen LogP contribution in [0.3, 0.4) is 0 Å². The first-order valence-electron chi connectivity index (χ1n) is 6.27. The van der Waals surface area contributed by atoms with Gasteiger partial charge in [-0.1, -0.05) is 23.7 Å². The second-order valence-corrected chi connectivity index (χ2v) is 5.03. The number of nitrogens with zero attached hydrogens (tertiary/aromatic N) is 1. The molecule has 0 atom stereocenters. The third kappa shape index (κ3) is 4.16. The molecule has 0 bridgehead atoms. The molecule has 0 saturated carbocycles. The number of anilines is 1. The van der Waals surface area contributed by atoms with Crippen molar-refractivity contribution < 1.29 is 4.74 Å². The number of halogens is 1. The van der Waals surface area contributed by atoms with E-state index in [4.69, 9.17) is 16.3 Å². The summed E-state index contributed by atoms with van der Waals surface area (Å²) in [5, 5.41) is 4.16. The van der Waals surface area contributed by atoms with Gasteiger partial charge in [0.05, 0.1) is 17.3 Å². The molecule has 0 fully saturated rings. The number of hydrogen-bond donors (Lipinski definition) is 1. The molecule has 0 saturated heterocycles. The van der Waals surface area contributed by atoms with Gasteiger partial charge in [0, 0.05) is 33.3 Å². The molecular formula is C14H23ClN2O. The van der Waals surface area contributed by atoms with Gasteiger partial charge in [-0.15, -0.1) is 0 Å². The highest BCUT2D eigenvalue weighted by atomic mass is 35.5. The minimum Gasteiger partial charge on any atom is -0.383 e. The number of nitrogens with one attached hydrogen (secondary N) is 1. The monoisotopic (exact) mass is 270 g/mol. The van der Waals surface area contributed by atoms with E-state index in [1.54, 1.807) is 7.11 Å². The standard InChI is InChI=1S/C14H23ClN2O/c1-11(2)17(3)14-12(6-5-7-13(14)15)10-16-8-9-18-4/h5-7,11,16H,8-10H2,1-4H3. The maximum atomic E-state index is 6.31. The van der Waals surface area contributed by atoms with E-state index in [0.717, 1.165) is 30.4 Å². The summed E-state index contributed by atoms with van der Waals surface area (Å²) in [4.78, 5) is 2.20. The lowest BCUT2D eigenvalue weighted by Crippen LogP contribution is -2.28. The van der Waals surface area contributed by atoms with Crippen molar-refractivity contribution in [3.63, 3.8) is 0 Å². The molecular weight excluding hydrogens is 248 g/mol. The summed E-state index contributed by atoms with van der Waals surface area (Å²) >= 11 is 6.31. The van der Waals surface area contributed by atoms with Gasteiger partial charge in [0.2, 0.25) is 0 Å². The molecule has 1 rings (SSSR count). The summed E-state index contributed by atoms with van der Waals surface area (Å²) in [7, 11) is 3.78. The molecule has 0 aliphatic carbocycles. The van der Waals surface area contributed by atoms with Crippen LogP contribution in [0.2, 0.25) is 5.02 Å². The second-order valence-electron chi connectivity index (χ2n) is 4.62. The fraction of sp³-hybridized carbons (Fsp3) is 0.571. The van der Waals surface area contributed by atoms with Crippen molar-refractivity contribution in [3.8, 4) is 0 Å². The molecule has 102 valence electrons. The molecule has 0 aliphatic heterocycles. The molecule has 4 heteroatoms. The van der Waals surface area contributed by atoms with Crippen LogP contribution in [0.5, 0.6) is 0 Å². The zero-order chi connectivity index (χ0) is 13.5. The number of ether oxygens (including phenoxy) is 1. The summed E-state index contributed by atoms with van der Waals surface area (Å²) in [5.41, 5.74) is 2.33. The molecule has 1 N–H and O–H groups in total. The van der Waals surface area contributed by atoms with E-state index < -0.39 is 0 Å². The maximum Gasteiger partial charge on any atom is 0.0642 e. The zero-order valence-electron chi connectivity index (χ0n) is 11.7. The first-order chi connectivity index (χ1) is 8.57. The van der Waals surface area contributed by atoms with Crippen LogP contribution < -0.4 is 10.2 Å². The van der Waals surface area contributed by atoms with Crippen molar-refractivity contribution in [1.82, 2.24) is 5.32 Å². The average Bonchev–Trinajstić information content (AvgIpc) is 2.34. The van der Waals surface area contributed by atoms with Crippen molar-refractivity contribution in [2.45, 2.75) is 26.4 Å². The molecule has 0 spiro atoms. The largest absolute Gasteiger partial charge is 0.383 e. The Morgan fingerprint density at radius 3 is 2.72 bits per heavy atom. The highest BCUT2D eigenvalue weighted by Crippen LogP contribution is 2.30. The molecule has 1 aromatic rings. The van der Waals surface area contributed by atoms with Crippen molar-refractivity contribution >= 4 is 17.3 Å². The SMILES string of the molecule is COCCNCc1cccc(Cl)c1N(C)C(C)C. The minimum absolute atomic E-state index is 0.419. The van der Waals surface area contributed by atoms with E-state index in [1.165, 1.54) is 5.56 Å². The van der Waals surface area contributed by atoms with Crippen LogP contribution in [0.15, 0.2) is 18.2 Å². The third-order valence-corrected chi connectivity index (χ3v) is 3.30. The van der Waals surface area contributed by atoms with Crippen LogP contribution in [0.1, 0.15) is 19.4 Å². The minimum atomic E-state index is 0.419. The second kappa shape index (κ2) is 7.62. The lowest BCUT2D eigenvalue weighted by molar-refractivity contribution is 0.199. The number of benzene rings is 1. The Balaban J connectivity index is 2.80. The molecule has 1 aromatic carbocycles. The summed E-state index contributed by atoms with van der Waals surface area (Å²) in [6, 6.07) is 6.46. The fourth-order valence-electron chi connectivity index (χ4n) is 1.75. The highest BCUT2D eigenvalue weighted by molar-refractivity contribution is 6.33. The van der Waals surface area contributed by atoms with Crippen LogP contribution in [-0.2, 0) is 11.3 Å². The third-order valence-electron chi connectivity index (χ3n) is 3.00. The van der Waals surface area contributed by atoms with E-state index in [1.807, 2.05) is 12.1 Å². The fourth-order valence-corrected chi connectivity index (χ4v) is 2.08. The first kappa shape index (κ1) is 15.3.